The third kappa shape index (κ3) is 2.85. The number of ether oxygens (including phenoxy) is 1. The second-order valence-electron chi connectivity index (χ2n) is 4.09. The number of aromatic nitrogens is 2. The SMILES string of the molecule is Cn1ccc(=O)n(CCOc2ccccc2N)c1=O. The average molecular weight is 261 g/mol. The Labute approximate surface area is 109 Å². The molecule has 0 unspecified atom stereocenters. The minimum Gasteiger partial charge on any atom is -0.490 e. The first kappa shape index (κ1) is 12.9. The molecule has 19 heavy (non-hydrogen) atoms. The Kier molecular flexibility index (Phi) is 3.70. The molecule has 6 nitrogen and oxygen atoms in total. The molecule has 0 radical (unpaired) electrons. The number of anilines is 1. The van der Waals surface area contributed by atoms with Gasteiger partial charge in [0, 0.05) is 19.3 Å². The molecule has 1 aromatic carbocycles. The highest BCUT2D eigenvalue weighted by Gasteiger charge is 2.04. The molecule has 2 N–H and O–H groups in total. The number of hydrogen-bond acceptors (Lipinski definition) is 4. The number of aryl methyl sites for hydroxylation is 1. The van der Waals surface area contributed by atoms with Crippen molar-refractivity contribution >= 4 is 5.69 Å². The van der Waals surface area contributed by atoms with Gasteiger partial charge in [0.05, 0.1) is 12.2 Å². The van der Waals surface area contributed by atoms with Gasteiger partial charge in [0.2, 0.25) is 0 Å². The molecule has 2 rings (SSSR count). The number of para-hydroxylation sites is 2. The van der Waals surface area contributed by atoms with Gasteiger partial charge in [-0.25, -0.2) is 4.79 Å². The highest BCUT2D eigenvalue weighted by atomic mass is 16.5. The van der Waals surface area contributed by atoms with Gasteiger partial charge >= 0.3 is 5.69 Å². The van der Waals surface area contributed by atoms with Crippen molar-refractivity contribution in [3.8, 4) is 5.75 Å². The first-order valence-corrected chi connectivity index (χ1v) is 5.83. The van der Waals surface area contributed by atoms with Crippen molar-refractivity contribution in [2.75, 3.05) is 12.3 Å². The van der Waals surface area contributed by atoms with Crippen molar-refractivity contribution < 1.29 is 4.74 Å². The summed E-state index contributed by atoms with van der Waals surface area (Å²) in [6.07, 6.45) is 1.44. The van der Waals surface area contributed by atoms with Crippen molar-refractivity contribution in [1.29, 1.82) is 0 Å². The van der Waals surface area contributed by atoms with E-state index in [0.717, 1.165) is 4.57 Å². The van der Waals surface area contributed by atoms with E-state index in [1.165, 1.54) is 16.8 Å². The Balaban J connectivity index is 2.09. The minimum atomic E-state index is -0.364. The van der Waals surface area contributed by atoms with Gasteiger partial charge in [0.1, 0.15) is 12.4 Å². The van der Waals surface area contributed by atoms with E-state index in [2.05, 4.69) is 0 Å². The molecule has 6 heteroatoms. The van der Waals surface area contributed by atoms with Gasteiger partial charge in [0.15, 0.2) is 0 Å². The number of rotatable bonds is 4. The highest BCUT2D eigenvalue weighted by molar-refractivity contribution is 5.51. The maximum Gasteiger partial charge on any atom is 0.330 e. The van der Waals surface area contributed by atoms with Crippen LogP contribution in [0.4, 0.5) is 5.69 Å². The molecule has 0 spiro atoms. The third-order valence-electron chi connectivity index (χ3n) is 2.73. The van der Waals surface area contributed by atoms with E-state index in [4.69, 9.17) is 10.5 Å². The summed E-state index contributed by atoms with van der Waals surface area (Å²) in [6.45, 7) is 0.383. The quantitative estimate of drug-likeness (QED) is 0.798. The lowest BCUT2D eigenvalue weighted by Gasteiger charge is -2.10. The van der Waals surface area contributed by atoms with Crippen LogP contribution in [0.15, 0.2) is 46.1 Å². The molecular formula is C13H15N3O3. The summed E-state index contributed by atoms with van der Waals surface area (Å²) >= 11 is 0. The van der Waals surface area contributed by atoms with E-state index < -0.39 is 0 Å². The van der Waals surface area contributed by atoms with E-state index in [-0.39, 0.29) is 24.4 Å². The fourth-order valence-electron chi connectivity index (χ4n) is 1.68. The molecule has 0 amide bonds. The molecule has 0 saturated heterocycles. The van der Waals surface area contributed by atoms with E-state index in [1.54, 1.807) is 31.3 Å². The Morgan fingerprint density at radius 1 is 1.21 bits per heavy atom. The fourth-order valence-corrected chi connectivity index (χ4v) is 1.68. The Bertz CT molecular complexity index is 688. The van der Waals surface area contributed by atoms with Crippen molar-refractivity contribution in [2.45, 2.75) is 6.54 Å². The van der Waals surface area contributed by atoms with Crippen molar-refractivity contribution in [2.24, 2.45) is 7.05 Å². The van der Waals surface area contributed by atoms with Crippen LogP contribution < -0.4 is 21.7 Å². The number of nitrogen functional groups attached to an aromatic ring is 1. The molecule has 1 aromatic heterocycles. The zero-order chi connectivity index (χ0) is 13.8. The van der Waals surface area contributed by atoms with Crippen LogP contribution in [0.2, 0.25) is 0 Å². The normalized spacial score (nSPS) is 10.4. The van der Waals surface area contributed by atoms with Gasteiger partial charge in [-0.05, 0) is 12.1 Å². The predicted molar refractivity (Wildman–Crippen MR) is 72.3 cm³/mol. The monoisotopic (exact) mass is 261 g/mol. The van der Waals surface area contributed by atoms with Gasteiger partial charge in [-0.1, -0.05) is 12.1 Å². The summed E-state index contributed by atoms with van der Waals surface area (Å²) in [5, 5.41) is 0. The maximum absolute atomic E-state index is 11.7. The summed E-state index contributed by atoms with van der Waals surface area (Å²) in [7, 11) is 1.59. The van der Waals surface area contributed by atoms with Gasteiger partial charge in [-0.15, -0.1) is 0 Å². The predicted octanol–water partition coefficient (Wildman–Crippen LogP) is 0.208. The number of nitrogens with zero attached hydrogens (tertiary/aromatic N) is 2. The molecule has 0 aliphatic heterocycles. The van der Waals surface area contributed by atoms with Crippen LogP contribution in [-0.2, 0) is 13.6 Å². The molecular weight excluding hydrogens is 246 g/mol. The fraction of sp³-hybridized carbons (Fsp3) is 0.231. The first-order valence-electron chi connectivity index (χ1n) is 5.83. The topological polar surface area (TPSA) is 79.2 Å². The van der Waals surface area contributed by atoms with Crippen molar-refractivity contribution in [3.63, 3.8) is 0 Å². The number of hydrogen-bond donors (Lipinski definition) is 1. The summed E-state index contributed by atoms with van der Waals surface area (Å²) in [5.74, 6) is 0.545. The van der Waals surface area contributed by atoms with Gasteiger partial charge in [0.25, 0.3) is 5.56 Å². The Morgan fingerprint density at radius 2 is 1.95 bits per heavy atom. The Morgan fingerprint density at radius 3 is 2.68 bits per heavy atom. The second-order valence-corrected chi connectivity index (χ2v) is 4.09. The highest BCUT2D eigenvalue weighted by Crippen LogP contribution is 2.19. The molecule has 0 fully saturated rings. The van der Waals surface area contributed by atoms with Gasteiger partial charge in [-0.3, -0.25) is 9.36 Å². The molecule has 2 aromatic rings. The lowest BCUT2D eigenvalue weighted by molar-refractivity contribution is 0.293. The van der Waals surface area contributed by atoms with Crippen LogP contribution in [-0.4, -0.2) is 15.7 Å². The lowest BCUT2D eigenvalue weighted by Crippen LogP contribution is -2.39. The number of nitrogens with two attached hydrogens (primary N) is 1. The average Bonchev–Trinajstić information content (AvgIpc) is 2.40. The molecule has 0 atom stereocenters. The third-order valence-corrected chi connectivity index (χ3v) is 2.73. The molecule has 100 valence electrons. The first-order chi connectivity index (χ1) is 9.09. The zero-order valence-corrected chi connectivity index (χ0v) is 10.6. The van der Waals surface area contributed by atoms with Gasteiger partial charge < -0.3 is 15.0 Å². The molecule has 0 aliphatic carbocycles. The van der Waals surface area contributed by atoms with Crippen LogP contribution in [0.3, 0.4) is 0 Å². The van der Waals surface area contributed by atoms with Crippen LogP contribution in [0, 0.1) is 0 Å². The van der Waals surface area contributed by atoms with Crippen molar-refractivity contribution in [1.82, 2.24) is 9.13 Å². The van der Waals surface area contributed by atoms with E-state index in [1.807, 2.05) is 0 Å². The zero-order valence-electron chi connectivity index (χ0n) is 10.6. The summed E-state index contributed by atoms with van der Waals surface area (Å²) in [4.78, 5) is 23.3. The summed E-state index contributed by atoms with van der Waals surface area (Å²) in [5.41, 5.74) is 5.54. The smallest absolute Gasteiger partial charge is 0.330 e. The van der Waals surface area contributed by atoms with Crippen molar-refractivity contribution in [3.05, 3.63) is 57.4 Å². The number of benzene rings is 1. The van der Waals surface area contributed by atoms with E-state index in [9.17, 15) is 9.59 Å². The van der Waals surface area contributed by atoms with Gasteiger partial charge in [-0.2, -0.15) is 0 Å². The lowest BCUT2D eigenvalue weighted by atomic mass is 10.3. The molecule has 0 aliphatic rings. The molecule has 1 heterocycles. The molecule has 0 saturated carbocycles. The van der Waals surface area contributed by atoms with E-state index in [0.29, 0.717) is 11.4 Å². The molecule has 0 bridgehead atoms. The maximum atomic E-state index is 11.7. The van der Waals surface area contributed by atoms with Crippen LogP contribution in [0.25, 0.3) is 0 Å². The minimum absolute atomic E-state index is 0.181. The van der Waals surface area contributed by atoms with E-state index >= 15 is 0 Å². The standard InChI is InChI=1S/C13H15N3O3/c1-15-7-6-12(17)16(13(15)18)8-9-19-11-5-3-2-4-10(11)14/h2-7H,8-9,14H2,1H3. The Hall–Kier alpha value is -2.50. The summed E-state index contributed by atoms with van der Waals surface area (Å²) in [6, 6.07) is 8.42. The van der Waals surface area contributed by atoms with Crippen LogP contribution in [0.1, 0.15) is 0 Å². The van der Waals surface area contributed by atoms with Crippen LogP contribution in [0.5, 0.6) is 5.75 Å². The summed E-state index contributed by atoms with van der Waals surface area (Å²) < 4.78 is 7.93. The van der Waals surface area contributed by atoms with Crippen LogP contribution >= 0.6 is 0 Å². The largest absolute Gasteiger partial charge is 0.490 e. The second kappa shape index (κ2) is 5.43.